The molecule has 101 valence electrons. The minimum absolute atomic E-state index is 0.680. The lowest BCUT2D eigenvalue weighted by Crippen LogP contribution is -1.96. The molecule has 0 spiro atoms. The van der Waals surface area contributed by atoms with Crippen LogP contribution in [0, 0.1) is 18.3 Å². The van der Waals surface area contributed by atoms with Crippen molar-refractivity contribution < 1.29 is 4.74 Å². The maximum atomic E-state index is 8.79. The second kappa shape index (κ2) is 7.35. The number of benzene rings is 2. The Morgan fingerprint density at radius 2 is 1.50 bits per heavy atom. The molecule has 0 fully saturated rings. The van der Waals surface area contributed by atoms with E-state index in [2.05, 4.69) is 13.0 Å². The van der Waals surface area contributed by atoms with Crippen molar-refractivity contribution in [2.75, 3.05) is 6.61 Å². The number of ether oxygens (including phenoxy) is 1. The number of nitrogens with zero attached hydrogens (tertiary/aromatic N) is 1. The van der Waals surface area contributed by atoms with Crippen molar-refractivity contribution >= 4 is 0 Å². The van der Waals surface area contributed by atoms with Crippen LogP contribution in [-0.2, 0) is 0 Å². The Bertz CT molecular complexity index is 564. The van der Waals surface area contributed by atoms with Gasteiger partial charge in [0.25, 0.3) is 0 Å². The Hall–Kier alpha value is -2.27. The Kier molecular flexibility index (Phi) is 5.20. The standard InChI is InChI=1S/C18H18NO/c1-2-3-4-13-20-18-11-9-17(10-12-18)16-7-5-15(14-19)6-8-16/h5-12H,1-4,13H2. The highest BCUT2D eigenvalue weighted by Gasteiger charge is 1.99. The lowest BCUT2D eigenvalue weighted by molar-refractivity contribution is 0.307. The topological polar surface area (TPSA) is 33.0 Å². The van der Waals surface area contributed by atoms with Gasteiger partial charge in [-0.05, 0) is 41.8 Å². The summed E-state index contributed by atoms with van der Waals surface area (Å²) in [6.07, 6.45) is 3.10. The monoisotopic (exact) mass is 264 g/mol. The van der Waals surface area contributed by atoms with Crippen LogP contribution in [0.25, 0.3) is 11.1 Å². The van der Waals surface area contributed by atoms with Crippen molar-refractivity contribution in [1.29, 1.82) is 5.26 Å². The van der Waals surface area contributed by atoms with Gasteiger partial charge in [-0.3, -0.25) is 0 Å². The highest BCUT2D eigenvalue weighted by Crippen LogP contribution is 2.22. The van der Waals surface area contributed by atoms with Gasteiger partial charge in [0.2, 0.25) is 0 Å². The smallest absolute Gasteiger partial charge is 0.119 e. The zero-order valence-corrected chi connectivity index (χ0v) is 11.5. The molecular weight excluding hydrogens is 246 g/mol. The summed E-state index contributed by atoms with van der Waals surface area (Å²) in [5.74, 6) is 0.895. The molecular formula is C18H18NO. The molecule has 0 saturated heterocycles. The maximum absolute atomic E-state index is 8.79. The van der Waals surface area contributed by atoms with Crippen LogP contribution in [0.1, 0.15) is 24.8 Å². The second-order valence-corrected chi connectivity index (χ2v) is 4.62. The molecule has 0 amide bonds. The molecule has 0 atom stereocenters. The van der Waals surface area contributed by atoms with Gasteiger partial charge in [-0.1, -0.05) is 44.0 Å². The number of nitriles is 1. The van der Waals surface area contributed by atoms with E-state index in [0.717, 1.165) is 42.7 Å². The molecule has 0 aliphatic carbocycles. The molecule has 0 saturated carbocycles. The average molecular weight is 264 g/mol. The van der Waals surface area contributed by atoms with Crippen LogP contribution in [0.3, 0.4) is 0 Å². The van der Waals surface area contributed by atoms with E-state index in [1.54, 1.807) is 0 Å². The first-order valence-electron chi connectivity index (χ1n) is 6.86. The second-order valence-electron chi connectivity index (χ2n) is 4.62. The summed E-state index contributed by atoms with van der Waals surface area (Å²) < 4.78 is 5.66. The number of rotatable bonds is 6. The third-order valence-corrected chi connectivity index (χ3v) is 3.11. The third-order valence-electron chi connectivity index (χ3n) is 3.11. The van der Waals surface area contributed by atoms with Gasteiger partial charge in [0.05, 0.1) is 18.2 Å². The van der Waals surface area contributed by atoms with E-state index in [1.165, 1.54) is 0 Å². The van der Waals surface area contributed by atoms with Crippen LogP contribution in [0.5, 0.6) is 5.75 Å². The first kappa shape index (κ1) is 14.1. The lowest BCUT2D eigenvalue weighted by atomic mass is 10.0. The zero-order valence-electron chi connectivity index (χ0n) is 11.5. The fourth-order valence-electron chi connectivity index (χ4n) is 1.95. The Labute approximate surface area is 120 Å². The van der Waals surface area contributed by atoms with Crippen molar-refractivity contribution in [1.82, 2.24) is 0 Å². The SMILES string of the molecule is [CH2]CCCCOc1ccc(-c2ccc(C#N)cc2)cc1. The minimum Gasteiger partial charge on any atom is -0.494 e. The number of unbranched alkanes of at least 4 members (excludes halogenated alkanes) is 2. The molecule has 20 heavy (non-hydrogen) atoms. The van der Waals surface area contributed by atoms with Crippen molar-refractivity contribution in [2.45, 2.75) is 19.3 Å². The third kappa shape index (κ3) is 3.86. The highest BCUT2D eigenvalue weighted by molar-refractivity contribution is 5.64. The minimum atomic E-state index is 0.680. The van der Waals surface area contributed by atoms with E-state index >= 15 is 0 Å². The zero-order chi connectivity index (χ0) is 14.2. The predicted molar refractivity (Wildman–Crippen MR) is 81.3 cm³/mol. The molecule has 2 rings (SSSR count). The van der Waals surface area contributed by atoms with Gasteiger partial charge in [-0.2, -0.15) is 5.26 Å². The molecule has 2 aromatic carbocycles. The number of hydrogen-bond donors (Lipinski definition) is 0. The molecule has 0 bridgehead atoms. The van der Waals surface area contributed by atoms with Gasteiger partial charge in [0.15, 0.2) is 0 Å². The van der Waals surface area contributed by atoms with Gasteiger partial charge < -0.3 is 4.74 Å². The van der Waals surface area contributed by atoms with Gasteiger partial charge in [-0.15, -0.1) is 0 Å². The summed E-state index contributed by atoms with van der Waals surface area (Å²) in [6, 6.07) is 17.8. The van der Waals surface area contributed by atoms with Crippen LogP contribution in [0.2, 0.25) is 0 Å². The van der Waals surface area contributed by atoms with E-state index in [4.69, 9.17) is 10.00 Å². The fraction of sp³-hybridized carbons (Fsp3) is 0.222. The molecule has 1 radical (unpaired) electrons. The highest BCUT2D eigenvalue weighted by atomic mass is 16.5. The van der Waals surface area contributed by atoms with E-state index < -0.39 is 0 Å². The molecule has 0 N–H and O–H groups in total. The van der Waals surface area contributed by atoms with Gasteiger partial charge >= 0.3 is 0 Å². The van der Waals surface area contributed by atoms with Crippen LogP contribution in [0.4, 0.5) is 0 Å². The normalized spacial score (nSPS) is 10.0. The van der Waals surface area contributed by atoms with Crippen LogP contribution in [-0.4, -0.2) is 6.61 Å². The van der Waals surface area contributed by atoms with Gasteiger partial charge in [0.1, 0.15) is 5.75 Å². The molecule has 2 nitrogen and oxygen atoms in total. The van der Waals surface area contributed by atoms with Crippen molar-refractivity contribution in [3.05, 3.63) is 61.0 Å². The molecule has 0 unspecified atom stereocenters. The Balaban J connectivity index is 1.98. The number of hydrogen-bond acceptors (Lipinski definition) is 2. The van der Waals surface area contributed by atoms with Crippen molar-refractivity contribution in [3.8, 4) is 22.9 Å². The summed E-state index contributed by atoms with van der Waals surface area (Å²) in [5, 5.41) is 8.79. The van der Waals surface area contributed by atoms with Gasteiger partial charge in [0, 0.05) is 0 Å². The first-order chi connectivity index (χ1) is 9.83. The summed E-state index contributed by atoms with van der Waals surface area (Å²) in [4.78, 5) is 0. The Morgan fingerprint density at radius 1 is 0.900 bits per heavy atom. The van der Waals surface area contributed by atoms with Crippen LogP contribution >= 0.6 is 0 Å². The van der Waals surface area contributed by atoms with Gasteiger partial charge in [-0.25, -0.2) is 0 Å². The summed E-state index contributed by atoms with van der Waals surface area (Å²) in [7, 11) is 0. The van der Waals surface area contributed by atoms with Crippen LogP contribution in [0.15, 0.2) is 48.5 Å². The molecule has 0 aromatic heterocycles. The molecule has 0 aliphatic heterocycles. The first-order valence-corrected chi connectivity index (χ1v) is 6.86. The van der Waals surface area contributed by atoms with E-state index in [9.17, 15) is 0 Å². The van der Waals surface area contributed by atoms with E-state index in [1.807, 2.05) is 48.5 Å². The summed E-state index contributed by atoms with van der Waals surface area (Å²) in [5.41, 5.74) is 2.91. The quantitative estimate of drug-likeness (QED) is 0.714. The molecule has 2 heteroatoms. The van der Waals surface area contributed by atoms with E-state index in [0.29, 0.717) is 5.56 Å². The Morgan fingerprint density at radius 3 is 2.05 bits per heavy atom. The molecule has 2 aromatic rings. The predicted octanol–water partition coefficient (Wildman–Crippen LogP) is 4.61. The maximum Gasteiger partial charge on any atom is 0.119 e. The van der Waals surface area contributed by atoms with Crippen molar-refractivity contribution in [3.63, 3.8) is 0 Å². The molecule has 0 heterocycles. The lowest BCUT2D eigenvalue weighted by Gasteiger charge is -2.07. The van der Waals surface area contributed by atoms with Crippen molar-refractivity contribution in [2.24, 2.45) is 0 Å². The largest absolute Gasteiger partial charge is 0.494 e. The van der Waals surface area contributed by atoms with Crippen LogP contribution < -0.4 is 4.74 Å². The summed E-state index contributed by atoms with van der Waals surface area (Å²) >= 11 is 0. The molecule has 0 aliphatic rings. The summed E-state index contributed by atoms with van der Waals surface area (Å²) in [6.45, 7) is 4.55. The average Bonchev–Trinajstić information content (AvgIpc) is 2.52. The fourth-order valence-corrected chi connectivity index (χ4v) is 1.95. The van der Waals surface area contributed by atoms with E-state index in [-0.39, 0.29) is 0 Å².